The second kappa shape index (κ2) is 8.13. The fraction of sp³-hybridized carbons (Fsp3) is 0.500. The fourth-order valence-electron chi connectivity index (χ4n) is 3.20. The molecule has 0 aliphatic carbocycles. The third-order valence-corrected chi connectivity index (χ3v) is 4.72. The zero-order chi connectivity index (χ0) is 16.8. The highest BCUT2D eigenvalue weighted by Crippen LogP contribution is 2.23. The predicted octanol–water partition coefficient (Wildman–Crippen LogP) is 4.07. The monoisotopic (exact) mass is 324 g/mol. The minimum Gasteiger partial charge on any atom is -0.370 e. The van der Waals surface area contributed by atoms with Gasteiger partial charge in [-0.25, -0.2) is 9.97 Å². The van der Waals surface area contributed by atoms with Crippen LogP contribution in [0.5, 0.6) is 0 Å². The highest BCUT2D eigenvalue weighted by Gasteiger charge is 2.17. The maximum Gasteiger partial charge on any atom is 0.134 e. The van der Waals surface area contributed by atoms with E-state index in [0.29, 0.717) is 0 Å². The highest BCUT2D eigenvalue weighted by molar-refractivity contribution is 5.49. The second-order valence-electron chi connectivity index (χ2n) is 6.84. The summed E-state index contributed by atoms with van der Waals surface area (Å²) in [4.78, 5) is 11.6. The predicted molar refractivity (Wildman–Crippen MR) is 101 cm³/mol. The van der Waals surface area contributed by atoms with Crippen LogP contribution in [-0.2, 0) is 6.42 Å². The van der Waals surface area contributed by atoms with Crippen LogP contribution in [0.2, 0.25) is 0 Å². The Kier molecular flexibility index (Phi) is 5.68. The van der Waals surface area contributed by atoms with Crippen molar-refractivity contribution in [2.75, 3.05) is 29.9 Å². The summed E-state index contributed by atoms with van der Waals surface area (Å²) >= 11 is 0. The van der Waals surface area contributed by atoms with Crippen molar-refractivity contribution >= 4 is 11.6 Å². The summed E-state index contributed by atoms with van der Waals surface area (Å²) in [6, 6.07) is 12.7. The van der Waals surface area contributed by atoms with E-state index in [1.807, 2.05) is 6.92 Å². The molecule has 1 saturated heterocycles. The first-order valence-corrected chi connectivity index (χ1v) is 9.09. The van der Waals surface area contributed by atoms with Crippen LogP contribution in [0.15, 0.2) is 36.4 Å². The normalized spacial score (nSPS) is 15.5. The molecule has 0 amide bonds. The maximum absolute atomic E-state index is 4.63. The van der Waals surface area contributed by atoms with Crippen molar-refractivity contribution < 1.29 is 0 Å². The van der Waals surface area contributed by atoms with Crippen molar-refractivity contribution in [2.45, 2.75) is 39.5 Å². The molecule has 1 fully saturated rings. The Morgan fingerprint density at radius 3 is 2.62 bits per heavy atom. The van der Waals surface area contributed by atoms with Gasteiger partial charge in [-0.1, -0.05) is 37.3 Å². The van der Waals surface area contributed by atoms with Crippen LogP contribution in [0.3, 0.4) is 0 Å². The Balaban J connectivity index is 1.54. The molecule has 2 heterocycles. The zero-order valence-electron chi connectivity index (χ0n) is 14.8. The lowest BCUT2D eigenvalue weighted by atomic mass is 9.99. The van der Waals surface area contributed by atoms with Gasteiger partial charge in [-0.05, 0) is 44.1 Å². The Bertz CT molecular complexity index is 633. The largest absolute Gasteiger partial charge is 0.370 e. The molecule has 24 heavy (non-hydrogen) atoms. The number of nitrogens with one attached hydrogen (secondary N) is 1. The van der Waals surface area contributed by atoms with Gasteiger partial charge in [-0.15, -0.1) is 0 Å². The van der Waals surface area contributed by atoms with Crippen LogP contribution in [-0.4, -0.2) is 29.6 Å². The summed E-state index contributed by atoms with van der Waals surface area (Å²) in [5.74, 6) is 3.69. The Hall–Kier alpha value is -2.10. The lowest BCUT2D eigenvalue weighted by Crippen LogP contribution is -2.33. The van der Waals surface area contributed by atoms with Crippen molar-refractivity contribution in [2.24, 2.45) is 5.92 Å². The number of piperidine rings is 1. The topological polar surface area (TPSA) is 41.1 Å². The highest BCUT2D eigenvalue weighted by atomic mass is 15.2. The lowest BCUT2D eigenvalue weighted by Gasteiger charge is -2.31. The molecule has 0 bridgehead atoms. The van der Waals surface area contributed by atoms with Crippen LogP contribution < -0.4 is 10.2 Å². The smallest absolute Gasteiger partial charge is 0.134 e. The van der Waals surface area contributed by atoms with Crippen LogP contribution in [0.4, 0.5) is 11.6 Å². The molecule has 1 aromatic carbocycles. The summed E-state index contributed by atoms with van der Waals surface area (Å²) < 4.78 is 0. The van der Waals surface area contributed by atoms with Crippen LogP contribution in [0, 0.1) is 12.8 Å². The van der Waals surface area contributed by atoms with Gasteiger partial charge in [0.2, 0.25) is 0 Å². The molecule has 0 atom stereocenters. The van der Waals surface area contributed by atoms with Crippen molar-refractivity contribution in [1.29, 1.82) is 0 Å². The van der Waals surface area contributed by atoms with Gasteiger partial charge in [0.1, 0.15) is 17.5 Å². The first-order chi connectivity index (χ1) is 11.7. The zero-order valence-corrected chi connectivity index (χ0v) is 14.8. The van der Waals surface area contributed by atoms with Gasteiger partial charge in [-0.3, -0.25) is 0 Å². The van der Waals surface area contributed by atoms with E-state index in [4.69, 9.17) is 0 Å². The maximum atomic E-state index is 4.63. The average Bonchev–Trinajstić information content (AvgIpc) is 2.60. The first kappa shape index (κ1) is 16.7. The molecule has 0 radical (unpaired) electrons. The van der Waals surface area contributed by atoms with Gasteiger partial charge in [0, 0.05) is 25.7 Å². The number of rotatable bonds is 6. The number of aryl methyl sites for hydroxylation is 2. The van der Waals surface area contributed by atoms with Gasteiger partial charge < -0.3 is 10.2 Å². The summed E-state index contributed by atoms with van der Waals surface area (Å²) in [7, 11) is 0. The summed E-state index contributed by atoms with van der Waals surface area (Å²) in [6.07, 6.45) is 4.70. The average molecular weight is 324 g/mol. The molecule has 4 heteroatoms. The number of aromatic nitrogens is 2. The van der Waals surface area contributed by atoms with Crippen molar-refractivity contribution in [3.8, 4) is 0 Å². The van der Waals surface area contributed by atoms with Gasteiger partial charge in [0.25, 0.3) is 0 Å². The van der Waals surface area contributed by atoms with Crippen molar-refractivity contribution in [3.63, 3.8) is 0 Å². The minimum atomic E-state index is 0.833. The first-order valence-electron chi connectivity index (χ1n) is 9.09. The lowest BCUT2D eigenvalue weighted by molar-refractivity contribution is 0.436. The third-order valence-electron chi connectivity index (χ3n) is 4.72. The molecule has 0 spiro atoms. The van der Waals surface area contributed by atoms with E-state index in [-0.39, 0.29) is 0 Å². The minimum absolute atomic E-state index is 0.833. The molecule has 1 aliphatic heterocycles. The molecule has 1 aromatic heterocycles. The number of benzene rings is 1. The second-order valence-corrected chi connectivity index (χ2v) is 6.84. The molecule has 128 valence electrons. The van der Waals surface area contributed by atoms with Gasteiger partial charge in [0.05, 0.1) is 0 Å². The summed E-state index contributed by atoms with van der Waals surface area (Å²) in [6.45, 7) is 7.45. The van der Waals surface area contributed by atoms with Crippen LogP contribution >= 0.6 is 0 Å². The van der Waals surface area contributed by atoms with E-state index in [0.717, 1.165) is 55.9 Å². The quantitative estimate of drug-likeness (QED) is 0.813. The fourth-order valence-corrected chi connectivity index (χ4v) is 3.20. The van der Waals surface area contributed by atoms with E-state index in [9.17, 15) is 0 Å². The molecule has 0 saturated carbocycles. The molecule has 4 nitrogen and oxygen atoms in total. The van der Waals surface area contributed by atoms with Gasteiger partial charge in [0.15, 0.2) is 0 Å². The standard InChI is InChI=1S/C20H28N4/c1-16-10-13-24(14-11-16)20-15-19(22-17(2)23-20)21-12-6-9-18-7-4-3-5-8-18/h3-5,7-8,15-16H,6,9-14H2,1-2H3,(H,21,22,23). The van der Waals surface area contributed by atoms with E-state index in [2.05, 4.69) is 63.5 Å². The van der Waals surface area contributed by atoms with Crippen LogP contribution in [0.1, 0.15) is 37.6 Å². The van der Waals surface area contributed by atoms with Gasteiger partial charge in [-0.2, -0.15) is 0 Å². The van der Waals surface area contributed by atoms with E-state index < -0.39 is 0 Å². The summed E-state index contributed by atoms with van der Waals surface area (Å²) in [5.41, 5.74) is 1.39. The molecule has 1 aliphatic rings. The Labute approximate surface area is 145 Å². The number of hydrogen-bond donors (Lipinski definition) is 1. The molecular weight excluding hydrogens is 296 g/mol. The SMILES string of the molecule is Cc1nc(NCCCc2ccccc2)cc(N2CCC(C)CC2)n1. The Morgan fingerprint density at radius 1 is 1.12 bits per heavy atom. The molecule has 1 N–H and O–H groups in total. The van der Waals surface area contributed by atoms with E-state index >= 15 is 0 Å². The van der Waals surface area contributed by atoms with Crippen molar-refractivity contribution in [1.82, 2.24) is 9.97 Å². The third kappa shape index (κ3) is 4.70. The Morgan fingerprint density at radius 2 is 1.88 bits per heavy atom. The van der Waals surface area contributed by atoms with Gasteiger partial charge >= 0.3 is 0 Å². The number of anilines is 2. The molecular formula is C20H28N4. The molecule has 3 rings (SSSR count). The van der Waals surface area contributed by atoms with Crippen molar-refractivity contribution in [3.05, 3.63) is 47.8 Å². The molecule has 2 aromatic rings. The number of nitrogens with zero attached hydrogens (tertiary/aromatic N) is 3. The summed E-state index contributed by atoms with van der Waals surface area (Å²) in [5, 5.41) is 3.47. The molecule has 0 unspecified atom stereocenters. The number of hydrogen-bond acceptors (Lipinski definition) is 4. The van der Waals surface area contributed by atoms with Crippen LogP contribution in [0.25, 0.3) is 0 Å². The van der Waals surface area contributed by atoms with E-state index in [1.54, 1.807) is 0 Å². The van der Waals surface area contributed by atoms with E-state index in [1.165, 1.54) is 18.4 Å².